The summed E-state index contributed by atoms with van der Waals surface area (Å²) in [6, 6.07) is 19.5. The van der Waals surface area contributed by atoms with E-state index in [0.29, 0.717) is 36.8 Å². The highest BCUT2D eigenvalue weighted by Crippen LogP contribution is 2.41. The fourth-order valence-electron chi connectivity index (χ4n) is 4.12. The number of amidine groups is 1. The number of carbonyl (C=O) groups excluding carboxylic acids is 2. The van der Waals surface area contributed by atoms with E-state index < -0.39 is 5.54 Å². The van der Waals surface area contributed by atoms with Crippen molar-refractivity contribution < 1.29 is 9.59 Å². The minimum Gasteiger partial charge on any atom is -0.388 e. The monoisotopic (exact) mass is 415 g/mol. The van der Waals surface area contributed by atoms with E-state index >= 15 is 0 Å². The third kappa shape index (κ3) is 4.35. The molecule has 2 aromatic carbocycles. The van der Waals surface area contributed by atoms with Crippen LogP contribution in [0.1, 0.15) is 25.7 Å². The quantitative estimate of drug-likeness (QED) is 0.257. The van der Waals surface area contributed by atoms with E-state index in [-0.39, 0.29) is 17.6 Å². The summed E-state index contributed by atoms with van der Waals surface area (Å²) in [4.78, 5) is 24.8. The van der Waals surface area contributed by atoms with Crippen molar-refractivity contribution in [3.8, 4) is 0 Å². The Bertz CT molecular complexity index is 1080. The molecule has 2 amide bonds. The van der Waals surface area contributed by atoms with Gasteiger partial charge in [0.2, 0.25) is 0 Å². The van der Waals surface area contributed by atoms with Crippen molar-refractivity contribution in [1.82, 2.24) is 5.32 Å². The molecular formula is C24H25N5O2. The number of carbonyl (C=O) groups is 2. The van der Waals surface area contributed by atoms with Crippen molar-refractivity contribution in [1.29, 1.82) is 5.41 Å². The van der Waals surface area contributed by atoms with Crippen molar-refractivity contribution in [2.75, 3.05) is 10.6 Å². The number of amides is 2. The Kier molecular flexibility index (Phi) is 5.58. The van der Waals surface area contributed by atoms with Gasteiger partial charge in [0.05, 0.1) is 16.9 Å². The lowest BCUT2D eigenvalue weighted by atomic mass is 9.77. The van der Waals surface area contributed by atoms with Crippen molar-refractivity contribution in [2.24, 2.45) is 5.73 Å². The van der Waals surface area contributed by atoms with Gasteiger partial charge in [-0.25, -0.2) is 0 Å². The molecule has 0 saturated carbocycles. The van der Waals surface area contributed by atoms with E-state index in [2.05, 4.69) is 16.0 Å². The van der Waals surface area contributed by atoms with Gasteiger partial charge < -0.3 is 16.4 Å². The summed E-state index contributed by atoms with van der Waals surface area (Å²) >= 11 is 0. The van der Waals surface area contributed by atoms with Crippen LogP contribution in [0.15, 0.2) is 83.6 Å². The smallest absolute Gasteiger partial charge is 0.258 e. The predicted molar refractivity (Wildman–Crippen MR) is 122 cm³/mol. The van der Waals surface area contributed by atoms with Crippen LogP contribution in [-0.4, -0.2) is 23.2 Å². The largest absolute Gasteiger partial charge is 0.388 e. The van der Waals surface area contributed by atoms with Crippen LogP contribution in [0.3, 0.4) is 0 Å². The number of anilines is 2. The molecule has 6 N–H and O–H groups in total. The molecule has 1 heterocycles. The number of hydrogen-bond acceptors (Lipinski definition) is 5. The maximum atomic E-state index is 12.5. The minimum absolute atomic E-state index is 0.126. The number of rotatable bonds is 8. The zero-order valence-electron chi connectivity index (χ0n) is 17.1. The van der Waals surface area contributed by atoms with Gasteiger partial charge in [-0.3, -0.25) is 20.3 Å². The molecule has 1 aliphatic heterocycles. The van der Waals surface area contributed by atoms with Crippen LogP contribution in [0.4, 0.5) is 11.4 Å². The van der Waals surface area contributed by atoms with E-state index in [4.69, 9.17) is 11.1 Å². The average Bonchev–Trinajstić information content (AvgIpc) is 3.02. The lowest BCUT2D eigenvalue weighted by molar-refractivity contribution is -0.124. The molecule has 1 unspecified atom stereocenters. The first-order chi connectivity index (χ1) is 15.0. The highest BCUT2D eigenvalue weighted by molar-refractivity contribution is 6.21. The molecule has 2 aliphatic rings. The normalized spacial score (nSPS) is 20.1. The van der Waals surface area contributed by atoms with Crippen LogP contribution >= 0.6 is 0 Å². The number of nitrogens with two attached hydrogens (primary N) is 1. The Morgan fingerprint density at radius 3 is 2.29 bits per heavy atom. The second-order valence-electron chi connectivity index (χ2n) is 7.85. The SMILES string of the molecule is N=C(N)CCCC1(Nc2ccccc2)CC2=C(C=C1Nc1ccccc1)C(=O)NC2=O. The maximum absolute atomic E-state index is 12.5. The summed E-state index contributed by atoms with van der Waals surface area (Å²) in [5.74, 6) is -0.592. The second-order valence-corrected chi connectivity index (χ2v) is 7.85. The first-order valence-electron chi connectivity index (χ1n) is 10.3. The molecule has 1 atom stereocenters. The Morgan fingerprint density at radius 2 is 1.65 bits per heavy atom. The van der Waals surface area contributed by atoms with E-state index in [1.165, 1.54) is 0 Å². The van der Waals surface area contributed by atoms with Crippen LogP contribution < -0.4 is 21.7 Å². The van der Waals surface area contributed by atoms with Crippen molar-refractivity contribution in [2.45, 2.75) is 31.2 Å². The number of hydrogen-bond donors (Lipinski definition) is 5. The van der Waals surface area contributed by atoms with Crippen molar-refractivity contribution >= 4 is 29.0 Å². The summed E-state index contributed by atoms with van der Waals surface area (Å²) in [5.41, 5.74) is 8.40. The number of para-hydroxylation sites is 2. The highest BCUT2D eigenvalue weighted by atomic mass is 16.2. The highest BCUT2D eigenvalue weighted by Gasteiger charge is 2.44. The third-order valence-corrected chi connectivity index (χ3v) is 5.61. The van der Waals surface area contributed by atoms with Crippen LogP contribution in [0.25, 0.3) is 0 Å². The minimum atomic E-state index is -0.673. The molecule has 0 spiro atoms. The molecule has 1 aliphatic carbocycles. The Hall–Kier alpha value is -3.87. The van der Waals surface area contributed by atoms with Gasteiger partial charge >= 0.3 is 0 Å². The molecule has 2 aromatic rings. The molecular weight excluding hydrogens is 390 g/mol. The standard InChI is InChI=1S/C24H25N5O2/c25-21(26)12-7-13-24(29-17-10-5-2-6-11-17)15-19-18(22(30)28-23(19)31)14-20(24)27-16-8-3-1-4-9-16/h1-6,8-11,14,27,29H,7,12-13,15H2,(H3,25,26)(H,28,30,31). The molecule has 158 valence electrons. The lowest BCUT2D eigenvalue weighted by Crippen LogP contribution is -2.45. The molecule has 7 heteroatoms. The average molecular weight is 415 g/mol. The van der Waals surface area contributed by atoms with Crippen LogP contribution in [-0.2, 0) is 9.59 Å². The predicted octanol–water partition coefficient (Wildman–Crippen LogP) is 3.30. The zero-order valence-corrected chi connectivity index (χ0v) is 17.1. The number of imide groups is 1. The van der Waals surface area contributed by atoms with Crippen LogP contribution in [0.2, 0.25) is 0 Å². The molecule has 0 radical (unpaired) electrons. The van der Waals surface area contributed by atoms with E-state index in [1.807, 2.05) is 60.7 Å². The van der Waals surface area contributed by atoms with E-state index in [1.54, 1.807) is 6.08 Å². The zero-order chi connectivity index (χ0) is 21.8. The number of nitrogens with one attached hydrogen (secondary N) is 4. The first kappa shape index (κ1) is 20.4. The lowest BCUT2D eigenvalue weighted by Gasteiger charge is -2.41. The van der Waals surface area contributed by atoms with Crippen LogP contribution in [0, 0.1) is 5.41 Å². The molecule has 0 aromatic heterocycles. The molecule has 31 heavy (non-hydrogen) atoms. The second kappa shape index (κ2) is 8.47. The molecule has 4 rings (SSSR count). The summed E-state index contributed by atoms with van der Waals surface area (Å²) in [5, 5.41) is 17.1. The summed E-state index contributed by atoms with van der Waals surface area (Å²) < 4.78 is 0. The van der Waals surface area contributed by atoms with Gasteiger partial charge in [0, 0.05) is 35.5 Å². The maximum Gasteiger partial charge on any atom is 0.258 e. The summed E-state index contributed by atoms with van der Waals surface area (Å²) in [7, 11) is 0. The van der Waals surface area contributed by atoms with Gasteiger partial charge in [-0.1, -0.05) is 36.4 Å². The molecule has 0 saturated heterocycles. The summed E-state index contributed by atoms with van der Waals surface area (Å²) in [6.07, 6.45) is 3.84. The van der Waals surface area contributed by atoms with Crippen molar-refractivity contribution in [3.05, 3.63) is 83.6 Å². The van der Waals surface area contributed by atoms with Crippen molar-refractivity contribution in [3.63, 3.8) is 0 Å². The topological polar surface area (TPSA) is 120 Å². The van der Waals surface area contributed by atoms with E-state index in [9.17, 15) is 9.59 Å². The fraction of sp³-hybridized carbons (Fsp3) is 0.208. The molecule has 0 bridgehead atoms. The Balaban J connectivity index is 1.77. The van der Waals surface area contributed by atoms with Gasteiger partial charge in [-0.2, -0.15) is 0 Å². The Labute approximate surface area is 180 Å². The van der Waals surface area contributed by atoms with Gasteiger partial charge in [0.25, 0.3) is 11.8 Å². The Morgan fingerprint density at radius 1 is 1.00 bits per heavy atom. The van der Waals surface area contributed by atoms with Gasteiger partial charge in [-0.05, 0) is 43.2 Å². The first-order valence-corrected chi connectivity index (χ1v) is 10.3. The van der Waals surface area contributed by atoms with E-state index in [0.717, 1.165) is 17.1 Å². The fourth-order valence-corrected chi connectivity index (χ4v) is 4.12. The molecule has 7 nitrogen and oxygen atoms in total. The van der Waals surface area contributed by atoms with Gasteiger partial charge in [-0.15, -0.1) is 0 Å². The van der Waals surface area contributed by atoms with Gasteiger partial charge in [0.15, 0.2) is 0 Å². The van der Waals surface area contributed by atoms with Gasteiger partial charge in [0.1, 0.15) is 0 Å². The summed E-state index contributed by atoms with van der Waals surface area (Å²) in [6.45, 7) is 0. The van der Waals surface area contributed by atoms with Crippen LogP contribution in [0.5, 0.6) is 0 Å². The third-order valence-electron chi connectivity index (χ3n) is 5.61. The number of benzene rings is 2. The molecule has 0 fully saturated rings.